The maximum Gasteiger partial charge on any atom is 0.236 e. The minimum absolute atomic E-state index is 0.0238. The smallest absolute Gasteiger partial charge is 0.236 e. The molecule has 0 unspecified atom stereocenters. The van der Waals surface area contributed by atoms with Gasteiger partial charge in [0.25, 0.3) is 0 Å². The van der Waals surface area contributed by atoms with Gasteiger partial charge in [-0.1, -0.05) is 49.0 Å². The van der Waals surface area contributed by atoms with Gasteiger partial charge in [-0.05, 0) is 0 Å². The quantitative estimate of drug-likeness (QED) is 0.262. The summed E-state index contributed by atoms with van der Waals surface area (Å²) in [5.74, 6) is -0.134. The van der Waals surface area contributed by atoms with Gasteiger partial charge >= 0.3 is 0 Å². The summed E-state index contributed by atoms with van der Waals surface area (Å²) in [4.78, 5) is 11.3. The van der Waals surface area contributed by atoms with E-state index in [9.17, 15) is 4.79 Å². The predicted octanol–water partition coefficient (Wildman–Crippen LogP) is -2.02. The highest BCUT2D eigenvalue weighted by atomic mass is 16.5. The van der Waals surface area contributed by atoms with Gasteiger partial charge in [0.2, 0.25) is 13.0 Å². The van der Waals surface area contributed by atoms with Gasteiger partial charge in [0, 0.05) is 5.90 Å². The van der Waals surface area contributed by atoms with Crippen molar-refractivity contribution < 1.29 is 9.53 Å². The fraction of sp³-hybridized carbons (Fsp3) is 0.100. The molecule has 0 radical (unpaired) electrons. The Bertz CT molecular complexity index is 337. The molecular weight excluding hydrogens is 217 g/mol. The molecule has 8 heteroatoms. The van der Waals surface area contributed by atoms with E-state index in [2.05, 4.69) is 13.2 Å². The van der Waals surface area contributed by atoms with Crippen molar-refractivity contribution in [1.82, 2.24) is 0 Å². The minimum Gasteiger partial charge on any atom is -0.490 e. The maximum absolute atomic E-state index is 11.3. The van der Waals surface area contributed by atoms with Crippen LogP contribution < -0.4 is 0 Å². The van der Waals surface area contributed by atoms with Crippen molar-refractivity contribution in [3.8, 4) is 0 Å². The third-order valence-corrected chi connectivity index (χ3v) is 2.24. The molecule has 0 fully saturated rings. The maximum atomic E-state index is 11.3. The van der Waals surface area contributed by atoms with Crippen molar-refractivity contribution in [1.29, 1.82) is 0 Å². The van der Waals surface area contributed by atoms with Gasteiger partial charge < -0.3 is 4.74 Å². The van der Waals surface area contributed by atoms with Crippen LogP contribution in [-0.2, 0) is 4.74 Å². The normalized spacial score (nSPS) is 10.8. The topological polar surface area (TPSA) is 26.3 Å². The second kappa shape index (κ2) is 10.9. The molecular formula is C10H18B6O2. The van der Waals surface area contributed by atoms with Crippen LogP contribution in [0.3, 0.4) is 0 Å². The molecule has 0 aromatic heterocycles. The second-order valence-electron chi connectivity index (χ2n) is 4.32. The molecule has 0 amide bonds. The molecule has 0 aromatic rings. The SMILES string of the molecule is BC(B)OC(=O)BBBBC(/C=C\C=C)=C/C=C. The summed E-state index contributed by atoms with van der Waals surface area (Å²) in [6, 6.07) is 0. The molecule has 2 nitrogen and oxygen atoms in total. The van der Waals surface area contributed by atoms with E-state index in [1.165, 1.54) is 5.47 Å². The molecule has 0 rings (SSSR count). The van der Waals surface area contributed by atoms with Crippen LogP contribution in [0.5, 0.6) is 0 Å². The number of carbonyl (C=O) groups excluding carboxylic acids is 1. The first-order valence-corrected chi connectivity index (χ1v) is 6.40. The summed E-state index contributed by atoms with van der Waals surface area (Å²) >= 11 is 0. The van der Waals surface area contributed by atoms with Crippen molar-refractivity contribution in [3.05, 3.63) is 49.0 Å². The molecule has 0 atom stereocenters. The second-order valence-corrected chi connectivity index (χ2v) is 4.32. The van der Waals surface area contributed by atoms with E-state index in [0.29, 0.717) is 7.17 Å². The Morgan fingerprint density at radius 2 is 1.83 bits per heavy atom. The van der Waals surface area contributed by atoms with Gasteiger partial charge in [-0.3, -0.25) is 4.79 Å². The third-order valence-electron chi connectivity index (χ3n) is 2.24. The molecule has 0 saturated carbocycles. The Morgan fingerprint density at radius 3 is 2.39 bits per heavy atom. The van der Waals surface area contributed by atoms with Crippen molar-refractivity contribution >= 4 is 50.0 Å². The van der Waals surface area contributed by atoms with Gasteiger partial charge in [-0.25, -0.2) is 0 Å². The molecule has 0 N–H and O–H groups in total. The number of hydrogen-bond donors (Lipinski definition) is 0. The van der Waals surface area contributed by atoms with E-state index in [1.54, 1.807) is 12.2 Å². The zero-order valence-corrected chi connectivity index (χ0v) is 11.5. The molecule has 0 spiro atoms. The lowest BCUT2D eigenvalue weighted by Gasteiger charge is -2.06. The first kappa shape index (κ1) is 16.8. The van der Waals surface area contributed by atoms with Crippen LogP contribution in [0.15, 0.2) is 49.0 Å². The van der Waals surface area contributed by atoms with Gasteiger partial charge in [0.1, 0.15) is 22.9 Å². The average Bonchev–Trinajstić information content (AvgIpc) is 2.30. The standard InChI is InChI=1S/C10H18B6O2/c1-3-5-7-8(6-4-2)13-15-16-14-10(17)18-9(11)12/h3-7,9,13-16H,1-2,11-12H2/b7-5-,8-6+. The Kier molecular flexibility index (Phi) is 10.2. The van der Waals surface area contributed by atoms with Crippen molar-refractivity contribution in [3.63, 3.8) is 0 Å². The van der Waals surface area contributed by atoms with Crippen LogP contribution in [0, 0.1) is 0 Å². The van der Waals surface area contributed by atoms with Crippen LogP contribution in [0.1, 0.15) is 0 Å². The zero-order valence-electron chi connectivity index (χ0n) is 11.5. The summed E-state index contributed by atoms with van der Waals surface area (Å²) in [5.41, 5.74) is 1.20. The van der Waals surface area contributed by atoms with Gasteiger partial charge in [0.15, 0.2) is 0 Å². The lowest BCUT2D eigenvalue weighted by molar-refractivity contribution is 0.182. The van der Waals surface area contributed by atoms with E-state index in [0.717, 1.165) is 21.3 Å². The largest absolute Gasteiger partial charge is 0.490 e. The van der Waals surface area contributed by atoms with E-state index >= 15 is 0 Å². The summed E-state index contributed by atoms with van der Waals surface area (Å²) < 4.78 is 5.07. The molecule has 18 heavy (non-hydrogen) atoms. The molecule has 0 heterocycles. The highest BCUT2D eigenvalue weighted by Gasteiger charge is 2.08. The molecule has 0 aliphatic heterocycles. The van der Waals surface area contributed by atoms with Crippen LogP contribution in [-0.4, -0.2) is 55.9 Å². The van der Waals surface area contributed by atoms with Gasteiger partial charge in [-0.2, -0.15) is 0 Å². The summed E-state index contributed by atoms with van der Waals surface area (Å²) in [6.07, 6.45) is 9.42. The zero-order chi connectivity index (χ0) is 13.8. The fourth-order valence-electron chi connectivity index (χ4n) is 1.49. The Hall–Kier alpha value is -1.18. The summed E-state index contributed by atoms with van der Waals surface area (Å²) in [5, 5.41) is 0. The van der Waals surface area contributed by atoms with Crippen LogP contribution in [0.25, 0.3) is 0 Å². The summed E-state index contributed by atoms with van der Waals surface area (Å²) in [6.45, 7) is 7.33. The molecule has 0 aliphatic carbocycles. The van der Waals surface area contributed by atoms with Crippen LogP contribution in [0.2, 0.25) is 0 Å². The minimum atomic E-state index is -0.110. The lowest BCUT2D eigenvalue weighted by Crippen LogP contribution is -2.29. The van der Waals surface area contributed by atoms with Crippen molar-refractivity contribution in [2.24, 2.45) is 0 Å². The Morgan fingerprint density at radius 1 is 1.17 bits per heavy atom. The monoisotopic (exact) mass is 236 g/mol. The highest BCUT2D eigenvalue weighted by Crippen LogP contribution is 1.94. The van der Waals surface area contributed by atoms with E-state index in [1.807, 2.05) is 33.9 Å². The number of carbonyl (C=O) groups is 1. The molecule has 0 aromatic carbocycles. The van der Waals surface area contributed by atoms with Crippen molar-refractivity contribution in [2.45, 2.75) is 5.90 Å². The molecule has 0 aliphatic rings. The predicted molar refractivity (Wildman–Crippen MR) is 93.6 cm³/mol. The molecule has 0 saturated heterocycles. The first-order valence-electron chi connectivity index (χ1n) is 6.40. The lowest BCUT2D eigenvalue weighted by atomic mass is 9.07. The molecule has 88 valence electrons. The van der Waals surface area contributed by atoms with E-state index in [-0.39, 0.29) is 11.8 Å². The van der Waals surface area contributed by atoms with Gasteiger partial charge in [-0.15, -0.1) is 0 Å². The summed E-state index contributed by atoms with van der Waals surface area (Å²) in [7, 11) is 6.97. The van der Waals surface area contributed by atoms with Crippen LogP contribution >= 0.6 is 0 Å². The van der Waals surface area contributed by atoms with Crippen molar-refractivity contribution in [2.75, 3.05) is 0 Å². The van der Waals surface area contributed by atoms with Gasteiger partial charge in [0.05, 0.1) is 14.1 Å². The fourth-order valence-corrected chi connectivity index (χ4v) is 1.49. The number of rotatable bonds is 9. The van der Waals surface area contributed by atoms with E-state index in [4.69, 9.17) is 4.74 Å². The van der Waals surface area contributed by atoms with E-state index < -0.39 is 0 Å². The first-order chi connectivity index (χ1) is 8.60. The number of ether oxygens (including phenoxy) is 1. The van der Waals surface area contributed by atoms with Crippen LogP contribution in [0.4, 0.5) is 4.79 Å². The highest BCUT2D eigenvalue weighted by molar-refractivity contribution is 7.49. The Balaban J connectivity index is 3.90. The average molecular weight is 235 g/mol. The third kappa shape index (κ3) is 10.0. The number of hydrogen-bond acceptors (Lipinski definition) is 2. The number of allylic oxidation sites excluding steroid dienone is 6. The Labute approximate surface area is 115 Å². The molecule has 0 bridgehead atoms.